The quantitative estimate of drug-likeness (QED) is 0.238. The van der Waals surface area contributed by atoms with Crippen molar-refractivity contribution in [1.82, 2.24) is 3.71 Å². The molecular formula is C17H18N2O3S2. The molecule has 0 aliphatic heterocycles. The number of non-ortho nitro benzene ring substituents is 1. The van der Waals surface area contributed by atoms with Gasteiger partial charge in [-0.05, 0) is 41.8 Å². The number of hydrogen-bond acceptors (Lipinski definition) is 6. The monoisotopic (exact) mass is 362 g/mol. The first-order chi connectivity index (χ1) is 11.5. The van der Waals surface area contributed by atoms with E-state index in [9.17, 15) is 10.1 Å². The van der Waals surface area contributed by atoms with Crippen LogP contribution in [-0.2, 0) is 0 Å². The number of hydrogen-bond donors (Lipinski definition) is 2. The van der Waals surface area contributed by atoms with Gasteiger partial charge in [-0.25, -0.2) is 0 Å². The van der Waals surface area contributed by atoms with Crippen LogP contribution in [0, 0.1) is 10.1 Å². The number of ether oxygens (including phenoxy) is 1. The molecule has 0 aliphatic carbocycles. The van der Waals surface area contributed by atoms with Gasteiger partial charge in [0.15, 0.2) is 0 Å². The molecule has 0 aliphatic rings. The molecule has 0 unspecified atom stereocenters. The van der Waals surface area contributed by atoms with Crippen molar-refractivity contribution in [2.45, 2.75) is 6.42 Å². The van der Waals surface area contributed by atoms with Crippen LogP contribution < -0.4 is 4.74 Å². The van der Waals surface area contributed by atoms with Crippen molar-refractivity contribution in [3.8, 4) is 5.75 Å². The number of rotatable bonds is 8. The maximum Gasteiger partial charge on any atom is 0.269 e. The molecule has 24 heavy (non-hydrogen) atoms. The second kappa shape index (κ2) is 9.36. The molecule has 0 fully saturated rings. The van der Waals surface area contributed by atoms with Crippen molar-refractivity contribution in [2.75, 3.05) is 13.2 Å². The lowest BCUT2D eigenvalue weighted by Crippen LogP contribution is -2.06. The van der Waals surface area contributed by atoms with Gasteiger partial charge in [0.2, 0.25) is 0 Å². The van der Waals surface area contributed by atoms with Crippen LogP contribution in [0.15, 0.2) is 48.5 Å². The molecule has 0 aromatic heterocycles. The fourth-order valence-corrected chi connectivity index (χ4v) is 2.25. The summed E-state index contributed by atoms with van der Waals surface area (Å²) in [5.74, 6) is 0.812. The van der Waals surface area contributed by atoms with E-state index in [1.165, 1.54) is 15.8 Å². The van der Waals surface area contributed by atoms with E-state index in [-0.39, 0.29) is 5.69 Å². The minimum Gasteiger partial charge on any atom is -0.494 e. The third kappa shape index (κ3) is 6.27. The van der Waals surface area contributed by atoms with Crippen LogP contribution in [0.3, 0.4) is 0 Å². The highest BCUT2D eigenvalue weighted by Crippen LogP contribution is 2.17. The lowest BCUT2D eigenvalue weighted by molar-refractivity contribution is -0.384. The van der Waals surface area contributed by atoms with Crippen LogP contribution in [0.1, 0.15) is 17.5 Å². The molecule has 5 nitrogen and oxygen atoms in total. The number of nitro benzene ring substituents is 1. The fraction of sp³-hybridized carbons (Fsp3) is 0.176. The molecule has 0 saturated heterocycles. The lowest BCUT2D eigenvalue weighted by Gasteiger charge is -2.08. The fourth-order valence-electron chi connectivity index (χ4n) is 1.97. The average molecular weight is 362 g/mol. The summed E-state index contributed by atoms with van der Waals surface area (Å²) in [6.45, 7) is 1.35. The van der Waals surface area contributed by atoms with Crippen molar-refractivity contribution in [1.29, 1.82) is 0 Å². The zero-order valence-electron chi connectivity index (χ0n) is 12.9. The first-order valence-electron chi connectivity index (χ1n) is 7.35. The van der Waals surface area contributed by atoms with E-state index in [4.69, 9.17) is 4.74 Å². The smallest absolute Gasteiger partial charge is 0.269 e. The normalized spacial score (nSPS) is 11.1. The molecule has 2 aromatic carbocycles. The van der Waals surface area contributed by atoms with Crippen LogP contribution in [0.5, 0.6) is 5.75 Å². The SMILES string of the molecule is O=[N+]([O-])c1ccc(/C=C/c2ccc(OCCCN(S)S)cc2)cc1. The van der Waals surface area contributed by atoms with E-state index < -0.39 is 4.92 Å². The summed E-state index contributed by atoms with van der Waals surface area (Å²) in [7, 11) is 0. The Labute approximate surface area is 152 Å². The Kier molecular flexibility index (Phi) is 7.17. The van der Waals surface area contributed by atoms with Gasteiger partial charge in [0, 0.05) is 18.7 Å². The van der Waals surface area contributed by atoms with Gasteiger partial charge in [-0.2, -0.15) is 3.71 Å². The van der Waals surface area contributed by atoms with Crippen LogP contribution in [0.25, 0.3) is 12.2 Å². The molecule has 0 atom stereocenters. The molecule has 2 aromatic rings. The third-order valence-electron chi connectivity index (χ3n) is 3.22. The van der Waals surface area contributed by atoms with E-state index in [1.54, 1.807) is 12.1 Å². The second-order valence-corrected chi connectivity index (χ2v) is 6.33. The average Bonchev–Trinajstić information content (AvgIpc) is 2.58. The molecule has 0 spiro atoms. The molecule has 0 N–H and O–H groups in total. The van der Waals surface area contributed by atoms with E-state index in [2.05, 4.69) is 25.6 Å². The molecule has 0 radical (unpaired) electrons. The first kappa shape index (κ1) is 18.4. The summed E-state index contributed by atoms with van der Waals surface area (Å²) in [4.78, 5) is 10.2. The van der Waals surface area contributed by atoms with E-state index in [0.29, 0.717) is 6.61 Å². The van der Waals surface area contributed by atoms with Crippen LogP contribution >= 0.6 is 25.6 Å². The highest BCUT2D eigenvalue weighted by atomic mass is 32.2. The van der Waals surface area contributed by atoms with Gasteiger partial charge in [-0.3, -0.25) is 10.1 Å². The molecule has 0 amide bonds. The summed E-state index contributed by atoms with van der Waals surface area (Å²) in [5, 5.41) is 10.6. The number of benzene rings is 2. The summed E-state index contributed by atoms with van der Waals surface area (Å²) >= 11 is 8.08. The summed E-state index contributed by atoms with van der Waals surface area (Å²) in [6, 6.07) is 14.2. The Morgan fingerprint density at radius 2 is 1.54 bits per heavy atom. The zero-order chi connectivity index (χ0) is 17.4. The van der Waals surface area contributed by atoms with Gasteiger partial charge in [-0.15, -0.1) is 0 Å². The largest absolute Gasteiger partial charge is 0.494 e. The first-order valence-corrected chi connectivity index (χ1v) is 8.15. The minimum atomic E-state index is -0.407. The Hall–Kier alpha value is -1.96. The molecule has 0 bridgehead atoms. The predicted molar refractivity (Wildman–Crippen MR) is 103 cm³/mol. The maximum absolute atomic E-state index is 10.6. The van der Waals surface area contributed by atoms with E-state index in [1.807, 2.05) is 36.4 Å². The Morgan fingerprint density at radius 3 is 2.04 bits per heavy atom. The highest BCUT2D eigenvalue weighted by Gasteiger charge is 2.02. The van der Waals surface area contributed by atoms with Crippen molar-refractivity contribution >= 4 is 43.5 Å². The number of nitro groups is 1. The number of thiol groups is 2. The van der Waals surface area contributed by atoms with Crippen molar-refractivity contribution in [3.05, 3.63) is 69.8 Å². The Bertz CT molecular complexity index is 686. The topological polar surface area (TPSA) is 55.6 Å². The van der Waals surface area contributed by atoms with Crippen LogP contribution in [-0.4, -0.2) is 21.8 Å². The summed E-state index contributed by atoms with van der Waals surface area (Å²) in [5.41, 5.74) is 2.02. The van der Waals surface area contributed by atoms with Gasteiger partial charge >= 0.3 is 0 Å². The molecule has 0 saturated carbocycles. The van der Waals surface area contributed by atoms with Gasteiger partial charge in [0.25, 0.3) is 5.69 Å². The highest BCUT2D eigenvalue weighted by molar-refractivity contribution is 7.93. The third-order valence-corrected chi connectivity index (χ3v) is 3.62. The molecule has 0 heterocycles. The van der Waals surface area contributed by atoms with Gasteiger partial charge in [-0.1, -0.05) is 49.9 Å². The van der Waals surface area contributed by atoms with Crippen LogP contribution in [0.2, 0.25) is 0 Å². The van der Waals surface area contributed by atoms with Crippen molar-refractivity contribution < 1.29 is 9.66 Å². The number of nitrogens with zero attached hydrogens (tertiary/aromatic N) is 2. The Balaban J connectivity index is 1.87. The Morgan fingerprint density at radius 1 is 1.00 bits per heavy atom. The standard InChI is InChI=1S/C17H18N2O3S2/c20-19(21)16-8-4-14(5-9-16)2-3-15-6-10-17(11-7-15)22-13-1-12-18(23)24/h2-11,23-24H,1,12-13H2/b3-2+. The lowest BCUT2D eigenvalue weighted by atomic mass is 10.1. The summed E-state index contributed by atoms with van der Waals surface area (Å²) < 4.78 is 7.15. The molecular weight excluding hydrogens is 344 g/mol. The molecule has 2 rings (SSSR count). The predicted octanol–water partition coefficient (Wildman–Crippen LogP) is 4.53. The van der Waals surface area contributed by atoms with Gasteiger partial charge in [0.05, 0.1) is 11.5 Å². The van der Waals surface area contributed by atoms with Crippen molar-refractivity contribution in [3.63, 3.8) is 0 Å². The summed E-state index contributed by atoms with van der Waals surface area (Å²) in [6.07, 6.45) is 4.70. The maximum atomic E-state index is 10.6. The van der Waals surface area contributed by atoms with E-state index >= 15 is 0 Å². The second-order valence-electron chi connectivity index (χ2n) is 5.05. The minimum absolute atomic E-state index is 0.0904. The van der Waals surface area contributed by atoms with Gasteiger partial charge in [0.1, 0.15) is 5.75 Å². The molecule has 7 heteroatoms. The van der Waals surface area contributed by atoms with Gasteiger partial charge < -0.3 is 4.74 Å². The zero-order valence-corrected chi connectivity index (χ0v) is 14.7. The molecule has 126 valence electrons. The van der Waals surface area contributed by atoms with Crippen molar-refractivity contribution in [2.24, 2.45) is 0 Å². The van der Waals surface area contributed by atoms with Crippen LogP contribution in [0.4, 0.5) is 5.69 Å². The van der Waals surface area contributed by atoms with E-state index in [0.717, 1.165) is 29.8 Å².